The fraction of sp³-hybridized carbons (Fsp3) is 0.286. The number of carbonyl (C=O) groups excluding carboxylic acids is 1. The zero-order chi connectivity index (χ0) is 25.1. The Hall–Kier alpha value is -3.78. The molecule has 1 aliphatic rings. The highest BCUT2D eigenvalue weighted by molar-refractivity contribution is 5.92. The van der Waals surface area contributed by atoms with Crippen LogP contribution >= 0.6 is 0 Å². The summed E-state index contributed by atoms with van der Waals surface area (Å²) < 4.78 is 34.6. The van der Waals surface area contributed by atoms with E-state index in [9.17, 15) is 13.6 Å². The van der Waals surface area contributed by atoms with E-state index in [1.165, 1.54) is 6.07 Å². The monoisotopic (exact) mass is 490 g/mol. The van der Waals surface area contributed by atoms with E-state index < -0.39 is 11.6 Å². The number of fused-ring (bicyclic) bond motifs is 1. The van der Waals surface area contributed by atoms with Crippen molar-refractivity contribution in [2.75, 3.05) is 25.5 Å². The van der Waals surface area contributed by atoms with Crippen LogP contribution in [0.2, 0.25) is 0 Å². The number of hydrogen-bond acceptors (Lipinski definition) is 4. The van der Waals surface area contributed by atoms with E-state index in [1.807, 2.05) is 30.3 Å². The van der Waals surface area contributed by atoms with Crippen LogP contribution in [0.15, 0.2) is 66.7 Å². The van der Waals surface area contributed by atoms with Crippen LogP contribution in [0.25, 0.3) is 11.0 Å². The third-order valence-corrected chi connectivity index (χ3v) is 6.75. The van der Waals surface area contributed by atoms with Crippen LogP contribution in [0.1, 0.15) is 24.2 Å². The molecule has 1 fully saturated rings. The number of hydrogen-bond donors (Lipinski definition) is 1. The van der Waals surface area contributed by atoms with Gasteiger partial charge in [-0.1, -0.05) is 24.3 Å². The minimum absolute atomic E-state index is 0.0103. The summed E-state index contributed by atoms with van der Waals surface area (Å²) in [5, 5.41) is 2.61. The number of piperidine rings is 1. The second-order valence-electron chi connectivity index (χ2n) is 9.11. The molecular weight excluding hydrogens is 462 g/mol. The molecule has 3 aromatic carbocycles. The van der Waals surface area contributed by atoms with Crippen LogP contribution in [0, 0.1) is 17.6 Å². The Morgan fingerprint density at radius 2 is 1.78 bits per heavy atom. The zero-order valence-corrected chi connectivity index (χ0v) is 20.1. The molecule has 36 heavy (non-hydrogen) atoms. The van der Waals surface area contributed by atoms with Crippen LogP contribution in [-0.4, -0.2) is 40.6 Å². The van der Waals surface area contributed by atoms with Gasteiger partial charge in [-0.2, -0.15) is 0 Å². The molecule has 1 amide bonds. The van der Waals surface area contributed by atoms with Gasteiger partial charge in [0, 0.05) is 18.5 Å². The number of ether oxygens (including phenoxy) is 1. The number of halogens is 2. The van der Waals surface area contributed by atoms with Crippen LogP contribution < -0.4 is 10.1 Å². The number of nitrogens with one attached hydrogen (secondary N) is 1. The quantitative estimate of drug-likeness (QED) is 0.386. The van der Waals surface area contributed by atoms with Crippen LogP contribution in [-0.2, 0) is 17.9 Å². The number of amides is 1. The molecule has 0 aliphatic carbocycles. The van der Waals surface area contributed by atoms with Crippen molar-refractivity contribution in [2.45, 2.75) is 25.9 Å². The highest BCUT2D eigenvalue weighted by Gasteiger charge is 2.26. The smallest absolute Gasteiger partial charge is 0.227 e. The molecule has 0 radical (unpaired) electrons. The summed E-state index contributed by atoms with van der Waals surface area (Å²) >= 11 is 0. The van der Waals surface area contributed by atoms with Gasteiger partial charge in [0.2, 0.25) is 5.91 Å². The summed E-state index contributed by atoms with van der Waals surface area (Å²) in [5.41, 5.74) is 3.20. The van der Waals surface area contributed by atoms with Crippen molar-refractivity contribution >= 4 is 22.6 Å². The largest absolute Gasteiger partial charge is 0.497 e. The van der Waals surface area contributed by atoms with Gasteiger partial charge >= 0.3 is 0 Å². The van der Waals surface area contributed by atoms with E-state index >= 15 is 0 Å². The number of nitrogens with zero attached hydrogens (tertiary/aromatic N) is 3. The van der Waals surface area contributed by atoms with Crippen LogP contribution in [0.4, 0.5) is 14.5 Å². The number of benzene rings is 3. The number of anilines is 1. The molecule has 0 unspecified atom stereocenters. The first kappa shape index (κ1) is 23.9. The van der Waals surface area contributed by atoms with E-state index in [0.29, 0.717) is 25.9 Å². The minimum Gasteiger partial charge on any atom is -0.497 e. The van der Waals surface area contributed by atoms with E-state index in [-0.39, 0.29) is 17.5 Å². The summed E-state index contributed by atoms with van der Waals surface area (Å²) in [6, 6.07) is 19.3. The predicted octanol–water partition coefficient (Wildman–Crippen LogP) is 5.22. The Labute approximate surface area is 208 Å². The van der Waals surface area contributed by atoms with E-state index in [0.717, 1.165) is 53.4 Å². The highest BCUT2D eigenvalue weighted by Crippen LogP contribution is 2.25. The van der Waals surface area contributed by atoms with E-state index in [4.69, 9.17) is 9.72 Å². The van der Waals surface area contributed by atoms with Crippen molar-refractivity contribution in [1.29, 1.82) is 0 Å². The topological polar surface area (TPSA) is 59.4 Å². The summed E-state index contributed by atoms with van der Waals surface area (Å²) in [6.45, 7) is 2.83. The Morgan fingerprint density at radius 1 is 1.03 bits per heavy atom. The summed E-state index contributed by atoms with van der Waals surface area (Å²) in [6.07, 6.45) is 1.32. The fourth-order valence-electron chi connectivity index (χ4n) is 4.71. The third kappa shape index (κ3) is 5.23. The molecule has 1 aliphatic heterocycles. The van der Waals surface area contributed by atoms with Crippen molar-refractivity contribution in [3.8, 4) is 5.75 Å². The van der Waals surface area contributed by atoms with Crippen molar-refractivity contribution < 1.29 is 18.3 Å². The maximum Gasteiger partial charge on any atom is 0.227 e. The number of methoxy groups -OCH3 is 1. The minimum atomic E-state index is -0.767. The number of carbonyl (C=O) groups is 1. The summed E-state index contributed by atoms with van der Waals surface area (Å²) in [7, 11) is 1.66. The molecule has 5 rings (SSSR count). The van der Waals surface area contributed by atoms with Gasteiger partial charge in [-0.15, -0.1) is 0 Å². The standard InChI is InChI=1S/C28H28F2N4O2/c1-36-22-9-6-19(7-10-22)17-34-26-5-3-2-4-25(26)31-27(34)18-33-14-12-20(13-15-33)28(35)32-24-11-8-21(29)16-23(24)30/h2-11,16,20H,12-15,17-18H2,1H3,(H,32,35). The number of rotatable bonds is 7. The van der Waals surface area contributed by atoms with E-state index in [1.54, 1.807) is 7.11 Å². The van der Waals surface area contributed by atoms with Gasteiger partial charge in [-0.05, 0) is 67.9 Å². The molecular formula is C28H28F2N4O2. The molecule has 2 heterocycles. The Morgan fingerprint density at radius 3 is 2.50 bits per heavy atom. The highest BCUT2D eigenvalue weighted by atomic mass is 19.1. The van der Waals surface area contributed by atoms with Crippen LogP contribution in [0.3, 0.4) is 0 Å². The van der Waals surface area contributed by atoms with Crippen molar-refractivity contribution in [3.05, 3.63) is 89.8 Å². The molecule has 8 heteroatoms. The Bertz CT molecular complexity index is 1360. The average molecular weight is 491 g/mol. The molecule has 186 valence electrons. The molecule has 1 N–H and O–H groups in total. The number of imidazole rings is 1. The first-order valence-electron chi connectivity index (χ1n) is 12.1. The Balaban J connectivity index is 1.25. The van der Waals surface area contributed by atoms with Crippen molar-refractivity contribution in [3.63, 3.8) is 0 Å². The second kappa shape index (κ2) is 10.5. The molecule has 6 nitrogen and oxygen atoms in total. The zero-order valence-electron chi connectivity index (χ0n) is 20.1. The maximum absolute atomic E-state index is 13.9. The predicted molar refractivity (Wildman–Crippen MR) is 135 cm³/mol. The lowest BCUT2D eigenvalue weighted by atomic mass is 9.95. The first-order valence-corrected chi connectivity index (χ1v) is 12.1. The van der Waals surface area contributed by atoms with Gasteiger partial charge in [0.05, 0.1) is 30.4 Å². The lowest BCUT2D eigenvalue weighted by Gasteiger charge is -2.31. The lowest BCUT2D eigenvalue weighted by molar-refractivity contribution is -0.121. The van der Waals surface area contributed by atoms with Gasteiger partial charge in [0.25, 0.3) is 0 Å². The Kier molecular flexibility index (Phi) is 6.95. The molecule has 4 aromatic rings. The maximum atomic E-state index is 13.9. The average Bonchev–Trinajstić information content (AvgIpc) is 3.23. The summed E-state index contributed by atoms with van der Waals surface area (Å²) in [5.74, 6) is -0.0871. The van der Waals surface area contributed by atoms with Gasteiger partial charge < -0.3 is 14.6 Å². The normalized spacial score (nSPS) is 14.8. The second-order valence-corrected chi connectivity index (χ2v) is 9.11. The van der Waals surface area contributed by atoms with Crippen LogP contribution in [0.5, 0.6) is 5.75 Å². The van der Waals surface area contributed by atoms with Gasteiger partial charge in [-0.3, -0.25) is 9.69 Å². The third-order valence-electron chi connectivity index (χ3n) is 6.75. The number of para-hydroxylation sites is 2. The lowest BCUT2D eigenvalue weighted by Crippen LogP contribution is -2.38. The summed E-state index contributed by atoms with van der Waals surface area (Å²) in [4.78, 5) is 19.9. The number of likely N-dealkylation sites (tertiary alicyclic amines) is 1. The molecule has 0 saturated carbocycles. The SMILES string of the molecule is COc1ccc(Cn2c(CN3CCC(C(=O)Nc4ccc(F)cc4F)CC3)nc3ccccc32)cc1. The number of aromatic nitrogens is 2. The van der Waals surface area contributed by atoms with Crippen molar-refractivity contribution in [2.24, 2.45) is 5.92 Å². The van der Waals surface area contributed by atoms with Gasteiger partial charge in [-0.25, -0.2) is 13.8 Å². The molecule has 0 atom stereocenters. The van der Waals surface area contributed by atoms with Crippen molar-refractivity contribution in [1.82, 2.24) is 14.5 Å². The van der Waals surface area contributed by atoms with Gasteiger partial charge in [0.1, 0.15) is 23.2 Å². The van der Waals surface area contributed by atoms with E-state index in [2.05, 4.69) is 33.0 Å². The first-order chi connectivity index (χ1) is 17.5. The fourth-order valence-corrected chi connectivity index (χ4v) is 4.71. The molecule has 0 bridgehead atoms. The van der Waals surface area contributed by atoms with Gasteiger partial charge in [0.15, 0.2) is 0 Å². The molecule has 1 aromatic heterocycles. The molecule has 1 saturated heterocycles. The molecule has 0 spiro atoms.